The molecule has 2 aliphatic heterocycles. The number of nitrogens with zero attached hydrogens (tertiary/aromatic N) is 2. The number of amides is 1. The Morgan fingerprint density at radius 2 is 2.39 bits per heavy atom. The molecule has 2 heterocycles. The van der Waals surface area contributed by atoms with Crippen molar-refractivity contribution in [3.8, 4) is 0 Å². The van der Waals surface area contributed by atoms with Gasteiger partial charge in [-0.3, -0.25) is 4.79 Å². The van der Waals surface area contributed by atoms with E-state index < -0.39 is 0 Å². The van der Waals surface area contributed by atoms with Gasteiger partial charge in [-0.2, -0.15) is 0 Å². The molecule has 2 unspecified atom stereocenters. The van der Waals surface area contributed by atoms with Crippen LogP contribution in [0.3, 0.4) is 0 Å². The summed E-state index contributed by atoms with van der Waals surface area (Å²) in [6.45, 7) is 4.42. The molecule has 2 saturated heterocycles. The van der Waals surface area contributed by atoms with Gasteiger partial charge in [-0.1, -0.05) is 0 Å². The lowest BCUT2D eigenvalue weighted by Crippen LogP contribution is -2.50. The van der Waals surface area contributed by atoms with E-state index in [9.17, 15) is 4.79 Å². The average Bonchev–Trinajstić information content (AvgIpc) is 2.39. The molecular weight excluding hydrogens is 230 g/mol. The SMILES string of the molecule is CN1CCCC(N(C)C(=O)CC2COCCN2)C1. The van der Waals surface area contributed by atoms with Crippen molar-refractivity contribution in [2.24, 2.45) is 0 Å². The van der Waals surface area contributed by atoms with Gasteiger partial charge >= 0.3 is 0 Å². The van der Waals surface area contributed by atoms with E-state index in [2.05, 4.69) is 17.3 Å². The smallest absolute Gasteiger partial charge is 0.224 e. The highest BCUT2D eigenvalue weighted by Crippen LogP contribution is 2.15. The van der Waals surface area contributed by atoms with Crippen molar-refractivity contribution in [3.05, 3.63) is 0 Å². The standard InChI is InChI=1S/C13H25N3O2/c1-15-6-3-4-12(9-15)16(2)13(17)8-11-10-18-7-5-14-11/h11-12,14H,3-10H2,1-2H3. The van der Waals surface area contributed by atoms with E-state index >= 15 is 0 Å². The highest BCUT2D eigenvalue weighted by atomic mass is 16.5. The van der Waals surface area contributed by atoms with Gasteiger partial charge in [0.25, 0.3) is 0 Å². The normalized spacial score (nSPS) is 30.1. The summed E-state index contributed by atoms with van der Waals surface area (Å²) in [5, 5.41) is 3.33. The van der Waals surface area contributed by atoms with E-state index in [1.807, 2.05) is 11.9 Å². The molecule has 0 aliphatic carbocycles. The van der Waals surface area contributed by atoms with Gasteiger partial charge in [0.2, 0.25) is 5.91 Å². The van der Waals surface area contributed by atoms with Gasteiger partial charge in [0.15, 0.2) is 0 Å². The second kappa shape index (κ2) is 6.50. The van der Waals surface area contributed by atoms with Crippen LogP contribution in [0, 0.1) is 0 Å². The van der Waals surface area contributed by atoms with E-state index in [0.29, 0.717) is 19.1 Å². The molecule has 5 heteroatoms. The molecule has 18 heavy (non-hydrogen) atoms. The second-order valence-electron chi connectivity index (χ2n) is 5.49. The molecule has 2 rings (SSSR count). The maximum atomic E-state index is 12.2. The molecule has 0 aromatic carbocycles. The molecule has 1 N–H and O–H groups in total. The van der Waals surface area contributed by atoms with E-state index in [1.54, 1.807) is 0 Å². The molecule has 5 nitrogen and oxygen atoms in total. The van der Waals surface area contributed by atoms with Gasteiger partial charge in [-0.05, 0) is 26.4 Å². The Hall–Kier alpha value is -0.650. The van der Waals surface area contributed by atoms with Crippen LogP contribution in [-0.2, 0) is 9.53 Å². The molecule has 1 amide bonds. The topological polar surface area (TPSA) is 44.8 Å². The van der Waals surface area contributed by atoms with E-state index in [1.165, 1.54) is 6.42 Å². The van der Waals surface area contributed by atoms with Crippen LogP contribution in [-0.4, -0.2) is 74.7 Å². The summed E-state index contributed by atoms with van der Waals surface area (Å²) in [5.41, 5.74) is 0. The third kappa shape index (κ3) is 3.67. The van der Waals surface area contributed by atoms with Crippen LogP contribution in [0.5, 0.6) is 0 Å². The number of piperidine rings is 1. The highest BCUT2D eigenvalue weighted by molar-refractivity contribution is 5.77. The second-order valence-corrected chi connectivity index (χ2v) is 5.49. The first-order chi connectivity index (χ1) is 8.66. The molecule has 2 fully saturated rings. The predicted octanol–water partition coefficient (Wildman–Crippen LogP) is -0.0825. The third-order valence-electron chi connectivity index (χ3n) is 3.96. The fraction of sp³-hybridized carbons (Fsp3) is 0.923. The van der Waals surface area contributed by atoms with Crippen molar-refractivity contribution in [1.29, 1.82) is 0 Å². The molecule has 0 aromatic rings. The minimum absolute atomic E-state index is 0.190. The van der Waals surface area contributed by atoms with Crippen LogP contribution in [0.1, 0.15) is 19.3 Å². The van der Waals surface area contributed by atoms with Crippen molar-refractivity contribution in [2.75, 3.05) is 46.9 Å². The number of hydrogen-bond acceptors (Lipinski definition) is 4. The molecule has 104 valence electrons. The molecule has 0 aromatic heterocycles. The lowest BCUT2D eigenvalue weighted by atomic mass is 10.0. The fourth-order valence-electron chi connectivity index (χ4n) is 2.76. The summed E-state index contributed by atoms with van der Waals surface area (Å²) in [6.07, 6.45) is 2.86. The van der Waals surface area contributed by atoms with Crippen molar-refractivity contribution >= 4 is 5.91 Å². The first kappa shape index (κ1) is 13.8. The molecule has 0 radical (unpaired) electrons. The number of hydrogen-bond donors (Lipinski definition) is 1. The molecule has 0 bridgehead atoms. The van der Waals surface area contributed by atoms with Crippen LogP contribution in [0.2, 0.25) is 0 Å². The molecule has 2 atom stereocenters. The summed E-state index contributed by atoms with van der Waals surface area (Å²) >= 11 is 0. The number of nitrogens with one attached hydrogen (secondary N) is 1. The Labute approximate surface area is 109 Å². The number of likely N-dealkylation sites (N-methyl/N-ethyl adjacent to an activating group) is 2. The number of rotatable bonds is 3. The maximum absolute atomic E-state index is 12.2. The average molecular weight is 255 g/mol. The van der Waals surface area contributed by atoms with Gasteiger partial charge in [-0.25, -0.2) is 0 Å². The molecule has 0 spiro atoms. The fourth-order valence-corrected chi connectivity index (χ4v) is 2.76. The number of likely N-dealkylation sites (tertiary alicyclic amines) is 1. The van der Waals surface area contributed by atoms with E-state index in [4.69, 9.17) is 4.74 Å². The van der Waals surface area contributed by atoms with Crippen molar-refractivity contribution in [3.63, 3.8) is 0 Å². The summed E-state index contributed by atoms with van der Waals surface area (Å²) in [5.74, 6) is 0.235. The minimum Gasteiger partial charge on any atom is -0.378 e. The molecule has 0 saturated carbocycles. The van der Waals surface area contributed by atoms with Gasteiger partial charge in [0.05, 0.1) is 13.2 Å². The van der Waals surface area contributed by atoms with Crippen molar-refractivity contribution in [1.82, 2.24) is 15.1 Å². The van der Waals surface area contributed by atoms with Crippen LogP contribution in [0.15, 0.2) is 0 Å². The molecule has 2 aliphatic rings. The van der Waals surface area contributed by atoms with E-state index in [-0.39, 0.29) is 11.9 Å². The zero-order chi connectivity index (χ0) is 13.0. The Bertz CT molecular complexity index is 279. The minimum atomic E-state index is 0.190. The zero-order valence-corrected chi connectivity index (χ0v) is 11.5. The summed E-state index contributed by atoms with van der Waals surface area (Å²) in [4.78, 5) is 16.5. The first-order valence-electron chi connectivity index (χ1n) is 6.92. The van der Waals surface area contributed by atoms with Gasteiger partial charge in [-0.15, -0.1) is 0 Å². The largest absolute Gasteiger partial charge is 0.378 e. The number of ether oxygens (including phenoxy) is 1. The maximum Gasteiger partial charge on any atom is 0.224 e. The lowest BCUT2D eigenvalue weighted by Gasteiger charge is -2.36. The Kier molecular flexibility index (Phi) is 4.97. The van der Waals surface area contributed by atoms with Gasteiger partial charge in [0.1, 0.15) is 0 Å². The Morgan fingerprint density at radius 1 is 1.56 bits per heavy atom. The first-order valence-corrected chi connectivity index (χ1v) is 6.92. The van der Waals surface area contributed by atoms with Crippen LogP contribution >= 0.6 is 0 Å². The number of morpholine rings is 1. The Balaban J connectivity index is 1.79. The highest BCUT2D eigenvalue weighted by Gasteiger charge is 2.26. The predicted molar refractivity (Wildman–Crippen MR) is 70.5 cm³/mol. The quantitative estimate of drug-likeness (QED) is 0.766. The molecular formula is C13H25N3O2. The monoisotopic (exact) mass is 255 g/mol. The van der Waals surface area contributed by atoms with Crippen molar-refractivity contribution < 1.29 is 9.53 Å². The summed E-state index contributed by atoms with van der Waals surface area (Å²) in [7, 11) is 4.07. The van der Waals surface area contributed by atoms with Crippen LogP contribution < -0.4 is 5.32 Å². The Morgan fingerprint density at radius 3 is 3.06 bits per heavy atom. The van der Waals surface area contributed by atoms with E-state index in [0.717, 1.165) is 32.7 Å². The van der Waals surface area contributed by atoms with Crippen LogP contribution in [0.25, 0.3) is 0 Å². The zero-order valence-electron chi connectivity index (χ0n) is 11.5. The summed E-state index contributed by atoms with van der Waals surface area (Å²) < 4.78 is 5.38. The third-order valence-corrected chi connectivity index (χ3v) is 3.96. The van der Waals surface area contributed by atoms with Gasteiger partial charge < -0.3 is 19.9 Å². The number of carbonyl (C=O) groups excluding carboxylic acids is 1. The van der Waals surface area contributed by atoms with Crippen LogP contribution in [0.4, 0.5) is 0 Å². The van der Waals surface area contributed by atoms with Crippen molar-refractivity contribution in [2.45, 2.75) is 31.3 Å². The summed E-state index contributed by atoms with van der Waals surface area (Å²) in [6, 6.07) is 0.566. The number of carbonyl (C=O) groups is 1. The lowest BCUT2D eigenvalue weighted by molar-refractivity contribution is -0.134. The van der Waals surface area contributed by atoms with Gasteiger partial charge in [0, 0.05) is 38.6 Å².